The number of carbonyl (C=O) groups is 5. The average molecular weight is 883 g/mol. The first-order chi connectivity index (χ1) is 29.9. The van der Waals surface area contributed by atoms with Crippen LogP contribution in [0.1, 0.15) is 68.2 Å². The number of aryl methyl sites for hydroxylation is 3. The van der Waals surface area contributed by atoms with E-state index < -0.39 is 17.6 Å². The molecule has 4 aromatic rings. The number of carbonyl (C=O) groups excluding carboxylic acids is 5. The molecule has 17 nitrogen and oxygen atoms in total. The number of para-hydroxylation sites is 1. The Morgan fingerprint density at radius 1 is 1.03 bits per heavy atom. The molecule has 19 heteroatoms. The molecule has 2 aromatic heterocycles. The number of hydrogen-bond acceptors (Lipinski definition) is 14. The number of likely N-dealkylation sites (tertiary alicyclic amines) is 1. The molecule has 5 amide bonds. The van der Waals surface area contributed by atoms with Crippen LogP contribution in [0.4, 0.5) is 22.5 Å². The molecular formula is C43H47ClN10O7S. The van der Waals surface area contributed by atoms with Crippen LogP contribution in [0.15, 0.2) is 42.6 Å². The normalized spacial score (nSPS) is 19.4. The number of rotatable bonds is 12. The fourth-order valence-corrected chi connectivity index (χ4v) is 9.72. The van der Waals surface area contributed by atoms with Gasteiger partial charge < -0.3 is 34.8 Å². The molecule has 7 heterocycles. The Morgan fingerprint density at radius 3 is 2.65 bits per heavy atom. The van der Waals surface area contributed by atoms with Crippen LogP contribution in [0.5, 0.6) is 5.75 Å². The molecule has 0 saturated carbocycles. The lowest BCUT2D eigenvalue weighted by atomic mass is 9.83. The van der Waals surface area contributed by atoms with E-state index in [1.807, 2.05) is 43.0 Å². The van der Waals surface area contributed by atoms with Crippen molar-refractivity contribution in [2.45, 2.75) is 64.1 Å². The second-order valence-corrected chi connectivity index (χ2v) is 17.9. The maximum absolute atomic E-state index is 13.3. The first-order valence-electron chi connectivity index (χ1n) is 20.9. The highest BCUT2D eigenvalue weighted by Gasteiger charge is 2.49. The largest absolute Gasteiger partial charge is 0.483 e. The zero-order valence-corrected chi connectivity index (χ0v) is 36.1. The lowest BCUT2D eigenvalue weighted by Crippen LogP contribution is -2.67. The Bertz CT molecular complexity index is 2430. The molecule has 1 atom stereocenters. The number of benzene rings is 2. The van der Waals surface area contributed by atoms with Gasteiger partial charge in [-0.15, -0.1) is 0 Å². The van der Waals surface area contributed by atoms with Crippen molar-refractivity contribution in [1.82, 2.24) is 35.0 Å². The standard InChI is InChI=1S/C43H47ClN10O7S/c1-25-4-3-5-30(44)38(25)50-40(58)33-21-45-42(62-33)48-34-20-35(47-26(2)46-34)52-13-11-51(12-14-52)15-17-60-16-9-37(56)53-23-43(24-53)10-8-27-18-28-22-54(31-6-7-36(55)49-39(31)57)41(59)29(28)19-32(27)61-43/h3-5,18-21,31H,6-17,22-24H2,1-2H3,(H,50,58)(H,49,55,57)(H,45,46,47,48). The average Bonchev–Trinajstić information content (AvgIpc) is 3.83. The van der Waals surface area contributed by atoms with Gasteiger partial charge in [-0.3, -0.25) is 34.2 Å². The molecule has 62 heavy (non-hydrogen) atoms. The molecule has 3 fully saturated rings. The number of ether oxygens (including phenoxy) is 2. The molecule has 1 unspecified atom stereocenters. The number of nitrogens with one attached hydrogen (secondary N) is 3. The van der Waals surface area contributed by atoms with E-state index in [-0.39, 0.29) is 30.0 Å². The van der Waals surface area contributed by atoms with Crippen molar-refractivity contribution in [1.29, 1.82) is 0 Å². The Labute approximate surface area is 367 Å². The van der Waals surface area contributed by atoms with Gasteiger partial charge in [-0.25, -0.2) is 15.0 Å². The molecule has 5 aliphatic rings. The topological polar surface area (TPSA) is 192 Å². The number of halogens is 1. The second kappa shape index (κ2) is 17.2. The number of fused-ring (bicyclic) bond motifs is 2. The molecule has 2 aromatic carbocycles. The summed E-state index contributed by atoms with van der Waals surface area (Å²) in [5, 5.41) is 9.47. The maximum Gasteiger partial charge on any atom is 0.267 e. The third kappa shape index (κ3) is 8.69. The molecule has 5 aliphatic heterocycles. The Morgan fingerprint density at radius 2 is 1.85 bits per heavy atom. The fraction of sp³-hybridized carbons (Fsp3) is 0.442. The number of hydrogen-bond donors (Lipinski definition) is 3. The summed E-state index contributed by atoms with van der Waals surface area (Å²) in [6, 6.07) is 10.5. The summed E-state index contributed by atoms with van der Waals surface area (Å²) in [6.45, 7) is 9.87. The number of nitrogens with zero attached hydrogens (tertiary/aromatic N) is 7. The molecule has 1 spiro atoms. The van der Waals surface area contributed by atoms with Crippen molar-refractivity contribution < 1.29 is 33.4 Å². The minimum absolute atomic E-state index is 0.0287. The SMILES string of the molecule is Cc1nc(Nc2ncc(C(=O)Nc3c(C)cccc3Cl)s2)cc(N2CCN(CCOCCC(=O)N3CC4(CCc5cc6c(cc5O4)C(=O)N(C4CCC(=O)NC4=O)C6)C3)CC2)n1. The van der Waals surface area contributed by atoms with Crippen molar-refractivity contribution in [3.05, 3.63) is 80.6 Å². The van der Waals surface area contributed by atoms with Crippen LogP contribution in [-0.2, 0) is 32.1 Å². The Balaban J connectivity index is 0.682. The number of amides is 5. The number of anilines is 4. The molecule has 0 aliphatic carbocycles. The first-order valence-corrected chi connectivity index (χ1v) is 22.1. The van der Waals surface area contributed by atoms with Crippen molar-refractivity contribution in [2.24, 2.45) is 0 Å². The number of piperazine rings is 1. The monoisotopic (exact) mass is 882 g/mol. The van der Waals surface area contributed by atoms with Crippen LogP contribution < -0.4 is 25.6 Å². The number of thiazole rings is 1. The highest BCUT2D eigenvalue weighted by atomic mass is 35.5. The van der Waals surface area contributed by atoms with Crippen LogP contribution in [0, 0.1) is 13.8 Å². The lowest BCUT2D eigenvalue weighted by Gasteiger charge is -2.51. The summed E-state index contributed by atoms with van der Waals surface area (Å²) in [5.41, 5.74) is 3.38. The van der Waals surface area contributed by atoms with Crippen molar-refractivity contribution in [3.8, 4) is 5.75 Å². The van der Waals surface area contributed by atoms with Crippen LogP contribution in [0.3, 0.4) is 0 Å². The number of aromatic nitrogens is 3. The van der Waals surface area contributed by atoms with E-state index in [0.29, 0.717) is 89.4 Å². The predicted molar refractivity (Wildman–Crippen MR) is 231 cm³/mol. The summed E-state index contributed by atoms with van der Waals surface area (Å²) in [6.07, 6.45) is 3.89. The number of piperidine rings is 1. The highest BCUT2D eigenvalue weighted by molar-refractivity contribution is 7.17. The Kier molecular flexibility index (Phi) is 11.6. The van der Waals surface area contributed by atoms with Crippen LogP contribution in [0.2, 0.25) is 5.02 Å². The second-order valence-electron chi connectivity index (χ2n) is 16.4. The molecule has 0 radical (unpaired) electrons. The van der Waals surface area contributed by atoms with Crippen LogP contribution >= 0.6 is 22.9 Å². The zero-order valence-electron chi connectivity index (χ0n) is 34.5. The van der Waals surface area contributed by atoms with E-state index in [9.17, 15) is 24.0 Å². The molecule has 3 N–H and O–H groups in total. The molecule has 324 valence electrons. The minimum Gasteiger partial charge on any atom is -0.483 e. The Hall–Kier alpha value is -5.69. The van der Waals surface area contributed by atoms with Gasteiger partial charge in [-0.05, 0) is 68.0 Å². The lowest BCUT2D eigenvalue weighted by molar-refractivity contribution is -0.154. The fourth-order valence-electron chi connectivity index (χ4n) is 8.74. The van der Waals surface area contributed by atoms with Gasteiger partial charge in [0.1, 0.15) is 39.7 Å². The van der Waals surface area contributed by atoms with E-state index in [1.54, 1.807) is 17.0 Å². The number of imide groups is 1. The van der Waals surface area contributed by atoms with Gasteiger partial charge in [0, 0.05) is 57.3 Å². The van der Waals surface area contributed by atoms with Gasteiger partial charge in [0.2, 0.25) is 17.7 Å². The van der Waals surface area contributed by atoms with Crippen molar-refractivity contribution in [2.75, 3.05) is 74.6 Å². The highest BCUT2D eigenvalue weighted by Crippen LogP contribution is 2.42. The van der Waals surface area contributed by atoms with E-state index in [2.05, 4.69) is 40.7 Å². The van der Waals surface area contributed by atoms with E-state index in [4.69, 9.17) is 21.1 Å². The van der Waals surface area contributed by atoms with E-state index in [1.165, 1.54) is 17.5 Å². The first kappa shape index (κ1) is 41.7. The van der Waals surface area contributed by atoms with E-state index >= 15 is 0 Å². The van der Waals surface area contributed by atoms with Crippen LogP contribution in [0.25, 0.3) is 0 Å². The molecular weight excluding hydrogens is 836 g/mol. The third-order valence-corrected chi connectivity index (χ3v) is 13.4. The molecule has 3 saturated heterocycles. The smallest absolute Gasteiger partial charge is 0.267 e. The van der Waals surface area contributed by atoms with Gasteiger partial charge in [-0.2, -0.15) is 0 Å². The van der Waals surface area contributed by atoms with Gasteiger partial charge in [-0.1, -0.05) is 35.1 Å². The van der Waals surface area contributed by atoms with Crippen LogP contribution in [-0.4, -0.2) is 130 Å². The molecule has 9 rings (SSSR count). The summed E-state index contributed by atoms with van der Waals surface area (Å²) >= 11 is 7.52. The minimum atomic E-state index is -0.662. The van der Waals surface area contributed by atoms with Gasteiger partial charge >= 0.3 is 0 Å². The maximum atomic E-state index is 13.3. The van der Waals surface area contributed by atoms with Gasteiger partial charge in [0.25, 0.3) is 11.8 Å². The van der Waals surface area contributed by atoms with Crippen molar-refractivity contribution in [3.63, 3.8) is 0 Å². The quantitative estimate of drug-likeness (QED) is 0.136. The van der Waals surface area contributed by atoms with E-state index in [0.717, 1.165) is 68.1 Å². The summed E-state index contributed by atoms with van der Waals surface area (Å²) in [7, 11) is 0. The zero-order chi connectivity index (χ0) is 43.1. The summed E-state index contributed by atoms with van der Waals surface area (Å²) in [5.74, 6) is 1.45. The third-order valence-electron chi connectivity index (χ3n) is 12.1. The molecule has 0 bridgehead atoms. The summed E-state index contributed by atoms with van der Waals surface area (Å²) < 4.78 is 12.4. The van der Waals surface area contributed by atoms with Gasteiger partial charge in [0.05, 0.1) is 49.6 Å². The van der Waals surface area contributed by atoms with Crippen molar-refractivity contribution >= 4 is 74.9 Å². The predicted octanol–water partition coefficient (Wildman–Crippen LogP) is 4.10. The van der Waals surface area contributed by atoms with Gasteiger partial charge in [0.15, 0.2) is 5.13 Å². The summed E-state index contributed by atoms with van der Waals surface area (Å²) in [4.78, 5) is 85.4.